The molecule has 0 saturated heterocycles. The van der Waals surface area contributed by atoms with Gasteiger partial charge in [-0.1, -0.05) is 36.0 Å². The number of benzene rings is 2. The number of fused-ring (bicyclic) bond motifs is 2. The number of nitrogens with zero attached hydrogens (tertiary/aromatic N) is 2. The number of hydrogen-bond donors (Lipinski definition) is 1. The lowest BCUT2D eigenvalue weighted by molar-refractivity contribution is -0.118. The summed E-state index contributed by atoms with van der Waals surface area (Å²) in [4.78, 5) is 16.9. The molecule has 2 heterocycles. The molecule has 4 rings (SSSR count). The summed E-state index contributed by atoms with van der Waals surface area (Å²) in [6.07, 6.45) is 1.83. The molecule has 6 nitrogen and oxygen atoms in total. The van der Waals surface area contributed by atoms with Gasteiger partial charge in [0.05, 0.1) is 16.8 Å². The Balaban J connectivity index is 1.37. The largest absolute Gasteiger partial charge is 0.454 e. The van der Waals surface area contributed by atoms with Gasteiger partial charge in [-0.05, 0) is 29.8 Å². The molecule has 0 bridgehead atoms. The first-order chi connectivity index (χ1) is 13.2. The maximum absolute atomic E-state index is 12.3. The minimum absolute atomic E-state index is 0.0464. The standard InChI is InChI=1S/C20H19N3O3S/c1-2-9-23-16-6-4-3-5-15(16)22-20(23)27-12-19(24)21-11-14-7-8-17-18(10-14)26-13-25-17/h2-8,10H,1,9,11-13H2,(H,21,24). The highest BCUT2D eigenvalue weighted by atomic mass is 32.2. The lowest BCUT2D eigenvalue weighted by Crippen LogP contribution is -2.24. The highest BCUT2D eigenvalue weighted by Gasteiger charge is 2.14. The Bertz CT molecular complexity index is 999. The van der Waals surface area contributed by atoms with E-state index in [1.807, 2.05) is 48.5 Å². The highest BCUT2D eigenvalue weighted by molar-refractivity contribution is 7.99. The van der Waals surface area contributed by atoms with Crippen LogP contribution in [0.15, 0.2) is 60.3 Å². The van der Waals surface area contributed by atoms with Gasteiger partial charge in [0.2, 0.25) is 12.7 Å². The molecule has 1 aliphatic rings. The molecule has 3 aromatic rings. The van der Waals surface area contributed by atoms with Crippen molar-refractivity contribution in [1.82, 2.24) is 14.9 Å². The molecule has 1 N–H and O–H groups in total. The number of ether oxygens (including phenoxy) is 2. The summed E-state index contributed by atoms with van der Waals surface area (Å²) in [5.41, 5.74) is 2.93. The van der Waals surface area contributed by atoms with Gasteiger partial charge in [-0.2, -0.15) is 0 Å². The normalized spacial score (nSPS) is 12.3. The van der Waals surface area contributed by atoms with Gasteiger partial charge in [-0.15, -0.1) is 6.58 Å². The summed E-state index contributed by atoms with van der Waals surface area (Å²) in [6.45, 7) is 5.15. The smallest absolute Gasteiger partial charge is 0.231 e. The van der Waals surface area contributed by atoms with E-state index in [1.54, 1.807) is 0 Å². The topological polar surface area (TPSA) is 65.4 Å². The van der Waals surface area contributed by atoms with Gasteiger partial charge in [0.1, 0.15) is 0 Å². The van der Waals surface area contributed by atoms with E-state index in [9.17, 15) is 4.79 Å². The summed E-state index contributed by atoms with van der Waals surface area (Å²) < 4.78 is 12.7. The molecule has 138 valence electrons. The number of carbonyl (C=O) groups is 1. The van der Waals surface area contributed by atoms with Crippen LogP contribution in [0.3, 0.4) is 0 Å². The van der Waals surface area contributed by atoms with Crippen LogP contribution in [0.4, 0.5) is 0 Å². The molecule has 7 heteroatoms. The third kappa shape index (κ3) is 3.78. The van der Waals surface area contributed by atoms with Crippen LogP contribution in [-0.4, -0.2) is 28.0 Å². The number of rotatable bonds is 7. The van der Waals surface area contributed by atoms with Gasteiger partial charge in [0, 0.05) is 13.1 Å². The van der Waals surface area contributed by atoms with E-state index in [1.165, 1.54) is 11.8 Å². The Morgan fingerprint density at radius 3 is 3.00 bits per heavy atom. The van der Waals surface area contributed by atoms with E-state index in [2.05, 4.69) is 21.4 Å². The maximum atomic E-state index is 12.3. The monoisotopic (exact) mass is 381 g/mol. The number of hydrogen-bond acceptors (Lipinski definition) is 5. The summed E-state index contributed by atoms with van der Waals surface area (Å²) in [7, 11) is 0. The number of carbonyl (C=O) groups excluding carboxylic acids is 1. The van der Waals surface area contributed by atoms with Crippen LogP contribution in [0.25, 0.3) is 11.0 Å². The molecule has 0 saturated carbocycles. The van der Waals surface area contributed by atoms with Crippen molar-refractivity contribution < 1.29 is 14.3 Å². The Morgan fingerprint density at radius 1 is 1.26 bits per heavy atom. The third-order valence-electron chi connectivity index (χ3n) is 4.19. The van der Waals surface area contributed by atoms with Crippen LogP contribution < -0.4 is 14.8 Å². The number of thioether (sulfide) groups is 1. The van der Waals surface area contributed by atoms with Crippen molar-refractivity contribution in [2.45, 2.75) is 18.2 Å². The molecule has 0 spiro atoms. The molecule has 0 atom stereocenters. The minimum Gasteiger partial charge on any atom is -0.454 e. The van der Waals surface area contributed by atoms with E-state index in [-0.39, 0.29) is 12.7 Å². The van der Waals surface area contributed by atoms with Crippen molar-refractivity contribution in [1.29, 1.82) is 0 Å². The first-order valence-electron chi connectivity index (χ1n) is 8.59. The second-order valence-corrected chi connectivity index (χ2v) is 6.98. The quantitative estimate of drug-likeness (QED) is 0.502. The third-order valence-corrected chi connectivity index (χ3v) is 5.17. The predicted molar refractivity (Wildman–Crippen MR) is 105 cm³/mol. The Labute approximate surface area is 161 Å². The summed E-state index contributed by atoms with van der Waals surface area (Å²) >= 11 is 1.42. The van der Waals surface area contributed by atoms with Gasteiger partial charge < -0.3 is 19.4 Å². The van der Waals surface area contributed by atoms with Crippen molar-refractivity contribution in [3.05, 3.63) is 60.7 Å². The molecule has 0 fully saturated rings. The molecule has 27 heavy (non-hydrogen) atoms. The van der Waals surface area contributed by atoms with Gasteiger partial charge >= 0.3 is 0 Å². The molecular weight excluding hydrogens is 362 g/mol. The number of amides is 1. The second-order valence-electron chi connectivity index (χ2n) is 6.04. The fourth-order valence-corrected chi connectivity index (χ4v) is 3.76. The van der Waals surface area contributed by atoms with Gasteiger partial charge in [0.15, 0.2) is 16.7 Å². The Kier molecular flexibility index (Phi) is 5.02. The van der Waals surface area contributed by atoms with Crippen molar-refractivity contribution >= 4 is 28.7 Å². The lowest BCUT2D eigenvalue weighted by Gasteiger charge is -2.07. The minimum atomic E-state index is -0.0464. The first kappa shape index (κ1) is 17.5. The van der Waals surface area contributed by atoms with E-state index < -0.39 is 0 Å². The van der Waals surface area contributed by atoms with Gasteiger partial charge in [-0.3, -0.25) is 4.79 Å². The molecule has 1 aromatic heterocycles. The summed E-state index contributed by atoms with van der Waals surface area (Å²) in [6, 6.07) is 13.6. The predicted octanol–water partition coefficient (Wildman–Crippen LogP) is 3.36. The molecule has 2 aromatic carbocycles. The maximum Gasteiger partial charge on any atom is 0.231 e. The van der Waals surface area contributed by atoms with Crippen LogP contribution in [-0.2, 0) is 17.9 Å². The average molecular weight is 381 g/mol. The van der Waals surface area contributed by atoms with Crippen LogP contribution in [0.1, 0.15) is 5.56 Å². The molecule has 0 aliphatic carbocycles. The molecule has 1 amide bonds. The Hall–Kier alpha value is -2.93. The van der Waals surface area contributed by atoms with Gasteiger partial charge in [-0.25, -0.2) is 4.98 Å². The SMILES string of the molecule is C=CCn1c(SCC(=O)NCc2ccc3c(c2)OCO3)nc2ccccc21. The van der Waals surface area contributed by atoms with E-state index in [0.717, 1.165) is 27.5 Å². The van der Waals surface area contributed by atoms with Crippen LogP contribution in [0.2, 0.25) is 0 Å². The zero-order valence-corrected chi connectivity index (χ0v) is 15.5. The fraction of sp³-hybridized carbons (Fsp3) is 0.200. The van der Waals surface area contributed by atoms with E-state index >= 15 is 0 Å². The van der Waals surface area contributed by atoms with Gasteiger partial charge in [0.25, 0.3) is 0 Å². The number of para-hydroxylation sites is 2. The number of allylic oxidation sites excluding steroid dienone is 1. The lowest BCUT2D eigenvalue weighted by atomic mass is 10.2. The van der Waals surface area contributed by atoms with Crippen molar-refractivity contribution in [2.75, 3.05) is 12.5 Å². The highest BCUT2D eigenvalue weighted by Crippen LogP contribution is 2.32. The molecule has 0 radical (unpaired) electrons. The number of nitrogens with one attached hydrogen (secondary N) is 1. The summed E-state index contributed by atoms with van der Waals surface area (Å²) in [5.74, 6) is 1.70. The zero-order valence-electron chi connectivity index (χ0n) is 14.7. The molecular formula is C20H19N3O3S. The second kappa shape index (κ2) is 7.75. The van der Waals surface area contributed by atoms with E-state index in [0.29, 0.717) is 24.6 Å². The first-order valence-corrected chi connectivity index (χ1v) is 9.57. The molecule has 1 aliphatic heterocycles. The van der Waals surface area contributed by atoms with Crippen LogP contribution >= 0.6 is 11.8 Å². The van der Waals surface area contributed by atoms with Crippen molar-refractivity contribution in [2.24, 2.45) is 0 Å². The average Bonchev–Trinajstić information content (AvgIpc) is 3.29. The Morgan fingerprint density at radius 2 is 2.11 bits per heavy atom. The fourth-order valence-electron chi connectivity index (χ4n) is 2.90. The van der Waals surface area contributed by atoms with Crippen molar-refractivity contribution in [3.8, 4) is 11.5 Å². The number of imidazole rings is 1. The zero-order chi connectivity index (χ0) is 18.6. The van der Waals surface area contributed by atoms with Crippen molar-refractivity contribution in [3.63, 3.8) is 0 Å². The van der Waals surface area contributed by atoms with Crippen LogP contribution in [0.5, 0.6) is 11.5 Å². The molecule has 0 unspecified atom stereocenters. The van der Waals surface area contributed by atoms with E-state index in [4.69, 9.17) is 9.47 Å². The van der Waals surface area contributed by atoms with Crippen LogP contribution in [0, 0.1) is 0 Å². The summed E-state index contributed by atoms with van der Waals surface area (Å²) in [5, 5.41) is 3.75. The number of aromatic nitrogens is 2.